The zero-order valence-electron chi connectivity index (χ0n) is 9.86. The van der Waals surface area contributed by atoms with Crippen molar-refractivity contribution in [3.8, 4) is 0 Å². The van der Waals surface area contributed by atoms with E-state index in [1.807, 2.05) is 0 Å². The number of hydrogen-bond acceptors (Lipinski definition) is 2. The zero-order chi connectivity index (χ0) is 12.7. The number of halogens is 3. The molecule has 0 heterocycles. The number of esters is 1. The van der Waals surface area contributed by atoms with E-state index in [1.165, 1.54) is 26.2 Å². The number of carbonyl (C=O) groups is 1. The van der Waals surface area contributed by atoms with Crippen LogP contribution in [0.5, 0.6) is 0 Å². The summed E-state index contributed by atoms with van der Waals surface area (Å²) >= 11 is 14.4. The third kappa shape index (κ3) is 76.6. The zero-order valence-corrected chi connectivity index (χ0v) is 12.1. The van der Waals surface area contributed by atoms with E-state index in [0.29, 0.717) is 6.61 Å². The summed E-state index contributed by atoms with van der Waals surface area (Å²) in [5.41, 5.74) is 0. The molecule has 5 heteroatoms. The Morgan fingerprint density at radius 1 is 1.13 bits per heavy atom. The fourth-order valence-electron chi connectivity index (χ4n) is 0.557. The number of alkyl halides is 3. The van der Waals surface area contributed by atoms with Gasteiger partial charge in [-0.2, -0.15) is 0 Å². The van der Waals surface area contributed by atoms with Crippen molar-refractivity contribution < 1.29 is 9.53 Å². The van der Waals surface area contributed by atoms with Gasteiger partial charge in [0.05, 0.1) is 6.61 Å². The molecule has 0 radical (unpaired) electrons. The van der Waals surface area contributed by atoms with Gasteiger partial charge in [-0.15, -0.1) is 0 Å². The molecule has 0 aromatic rings. The normalized spacial score (nSPS) is 8.27. The lowest BCUT2D eigenvalue weighted by Crippen LogP contribution is -1.95. The quantitative estimate of drug-likeness (QED) is 0.550. The van der Waals surface area contributed by atoms with E-state index in [4.69, 9.17) is 34.8 Å². The first-order chi connectivity index (χ1) is 6.92. The van der Waals surface area contributed by atoms with Crippen LogP contribution in [0.3, 0.4) is 0 Å². The second-order valence-corrected chi connectivity index (χ2v) is 4.51. The summed E-state index contributed by atoms with van der Waals surface area (Å²) in [4.78, 5) is 9.82. The second-order valence-electron chi connectivity index (χ2n) is 2.53. The minimum Gasteiger partial charge on any atom is -0.466 e. The third-order valence-electron chi connectivity index (χ3n) is 1.05. The van der Waals surface area contributed by atoms with Crippen molar-refractivity contribution in [1.82, 2.24) is 0 Å². The fraction of sp³-hybridized carbons (Fsp3) is 0.900. The van der Waals surface area contributed by atoms with Gasteiger partial charge in [0.25, 0.3) is 0 Å². The average Bonchev–Trinajstić information content (AvgIpc) is 2.05. The van der Waals surface area contributed by atoms with Crippen LogP contribution in [-0.4, -0.2) is 16.9 Å². The van der Waals surface area contributed by atoms with Crippen molar-refractivity contribution in [2.75, 3.05) is 6.61 Å². The SMILES string of the molecule is CCCCC.CCOC(C)=O.ClC(Cl)Cl. The summed E-state index contributed by atoms with van der Waals surface area (Å²) in [6.45, 7) is 8.08. The molecular formula is C10H21Cl3O2. The molecular weight excluding hydrogens is 258 g/mol. The lowest BCUT2D eigenvalue weighted by molar-refractivity contribution is -0.140. The van der Waals surface area contributed by atoms with Gasteiger partial charge < -0.3 is 4.74 Å². The van der Waals surface area contributed by atoms with Gasteiger partial charge in [-0.25, -0.2) is 0 Å². The van der Waals surface area contributed by atoms with Crippen molar-refractivity contribution >= 4 is 40.8 Å². The van der Waals surface area contributed by atoms with Gasteiger partial charge in [0.15, 0.2) is 4.30 Å². The van der Waals surface area contributed by atoms with Crippen LogP contribution in [0.1, 0.15) is 47.0 Å². The van der Waals surface area contributed by atoms with E-state index < -0.39 is 4.30 Å². The van der Waals surface area contributed by atoms with Gasteiger partial charge in [0, 0.05) is 6.92 Å². The number of hydrogen-bond donors (Lipinski definition) is 0. The third-order valence-corrected chi connectivity index (χ3v) is 1.05. The molecule has 0 aromatic carbocycles. The highest BCUT2D eigenvalue weighted by Gasteiger charge is 1.81. The molecule has 0 aliphatic carbocycles. The van der Waals surface area contributed by atoms with Crippen LogP contribution in [0.25, 0.3) is 0 Å². The van der Waals surface area contributed by atoms with E-state index in [0.717, 1.165) is 0 Å². The minimum atomic E-state index is -0.750. The van der Waals surface area contributed by atoms with E-state index in [2.05, 4.69) is 18.6 Å². The number of ether oxygens (including phenoxy) is 1. The van der Waals surface area contributed by atoms with Gasteiger partial charge in [0.2, 0.25) is 0 Å². The van der Waals surface area contributed by atoms with Crippen molar-refractivity contribution in [3.63, 3.8) is 0 Å². The number of rotatable bonds is 3. The molecule has 0 N–H and O–H groups in total. The summed E-state index contributed by atoms with van der Waals surface area (Å²) in [6.07, 6.45) is 4.08. The van der Waals surface area contributed by atoms with Crippen molar-refractivity contribution in [1.29, 1.82) is 0 Å². The Balaban J connectivity index is -0.000000147. The fourth-order valence-corrected chi connectivity index (χ4v) is 0.557. The maximum Gasteiger partial charge on any atom is 0.302 e. The number of carbonyl (C=O) groups excluding carboxylic acids is 1. The first kappa shape index (κ1) is 20.7. The molecule has 0 amide bonds. The smallest absolute Gasteiger partial charge is 0.302 e. The topological polar surface area (TPSA) is 26.3 Å². The van der Waals surface area contributed by atoms with Gasteiger partial charge >= 0.3 is 5.97 Å². The molecule has 0 spiro atoms. The monoisotopic (exact) mass is 278 g/mol. The highest BCUT2D eigenvalue weighted by Crippen LogP contribution is 2.03. The summed E-state index contributed by atoms with van der Waals surface area (Å²) in [5, 5.41) is 0. The maximum atomic E-state index is 9.82. The highest BCUT2D eigenvalue weighted by atomic mass is 35.6. The molecule has 0 saturated carbocycles. The van der Waals surface area contributed by atoms with E-state index >= 15 is 0 Å². The Bertz CT molecular complexity index is 114. The second kappa shape index (κ2) is 19.8. The summed E-state index contributed by atoms with van der Waals surface area (Å²) in [5.74, 6) is -0.211. The Hall–Kier alpha value is 0.340. The van der Waals surface area contributed by atoms with Gasteiger partial charge in [-0.1, -0.05) is 67.9 Å². The summed E-state index contributed by atoms with van der Waals surface area (Å²) in [7, 11) is 0. The first-order valence-electron chi connectivity index (χ1n) is 4.97. The number of unbranched alkanes of at least 4 members (excludes halogenated alkanes) is 2. The predicted molar refractivity (Wildman–Crippen MR) is 68.9 cm³/mol. The van der Waals surface area contributed by atoms with Gasteiger partial charge in [0.1, 0.15) is 0 Å². The van der Waals surface area contributed by atoms with Crippen LogP contribution in [0.15, 0.2) is 0 Å². The van der Waals surface area contributed by atoms with E-state index in [-0.39, 0.29) is 5.97 Å². The maximum absolute atomic E-state index is 9.82. The largest absolute Gasteiger partial charge is 0.466 e. The van der Waals surface area contributed by atoms with Crippen LogP contribution in [0.2, 0.25) is 0 Å². The molecule has 0 saturated heterocycles. The van der Waals surface area contributed by atoms with Crippen molar-refractivity contribution in [3.05, 3.63) is 0 Å². The highest BCUT2D eigenvalue weighted by molar-refractivity contribution is 6.63. The molecule has 0 fully saturated rings. The molecule has 2 nitrogen and oxygen atoms in total. The standard InChI is InChI=1S/C5H12.C4H8O2.CHCl3/c1-3-5-4-2;1-3-6-4(2)5;2-1(3)4/h3-5H2,1-2H3;3H2,1-2H3;1H. The molecule has 0 rings (SSSR count). The lowest BCUT2D eigenvalue weighted by Gasteiger charge is -1.89. The molecule has 0 aromatic heterocycles. The first-order valence-corrected chi connectivity index (χ1v) is 6.28. The Labute approximate surface area is 108 Å². The molecule has 0 aliphatic heterocycles. The van der Waals surface area contributed by atoms with Crippen LogP contribution < -0.4 is 0 Å². The minimum absolute atomic E-state index is 0.211. The average molecular weight is 280 g/mol. The lowest BCUT2D eigenvalue weighted by atomic mass is 10.3. The van der Waals surface area contributed by atoms with Crippen molar-refractivity contribution in [2.45, 2.75) is 51.3 Å². The Morgan fingerprint density at radius 2 is 1.47 bits per heavy atom. The Kier molecular flexibility index (Phi) is 27.4. The molecule has 0 aliphatic rings. The van der Waals surface area contributed by atoms with Gasteiger partial charge in [-0.05, 0) is 6.92 Å². The van der Waals surface area contributed by atoms with Crippen LogP contribution in [-0.2, 0) is 9.53 Å². The van der Waals surface area contributed by atoms with Gasteiger partial charge in [-0.3, -0.25) is 4.79 Å². The Morgan fingerprint density at radius 3 is 1.47 bits per heavy atom. The molecule has 0 bridgehead atoms. The predicted octanol–water partition coefficient (Wildman–Crippen LogP) is 4.75. The van der Waals surface area contributed by atoms with Crippen LogP contribution in [0, 0.1) is 0 Å². The molecule has 0 unspecified atom stereocenters. The molecule has 94 valence electrons. The molecule has 15 heavy (non-hydrogen) atoms. The van der Waals surface area contributed by atoms with E-state index in [1.54, 1.807) is 6.92 Å². The van der Waals surface area contributed by atoms with E-state index in [9.17, 15) is 4.79 Å². The van der Waals surface area contributed by atoms with Crippen LogP contribution >= 0.6 is 34.8 Å². The van der Waals surface area contributed by atoms with Crippen LogP contribution in [0.4, 0.5) is 0 Å². The molecule has 0 atom stereocenters. The summed E-state index contributed by atoms with van der Waals surface area (Å²) < 4.78 is 3.65. The summed E-state index contributed by atoms with van der Waals surface area (Å²) in [6, 6.07) is 0. The van der Waals surface area contributed by atoms with Crippen molar-refractivity contribution in [2.24, 2.45) is 0 Å².